The van der Waals surface area contributed by atoms with E-state index in [0.717, 1.165) is 43.9 Å². The van der Waals surface area contributed by atoms with E-state index >= 15 is 0 Å². The van der Waals surface area contributed by atoms with Crippen LogP contribution in [0.2, 0.25) is 0 Å². The van der Waals surface area contributed by atoms with Crippen LogP contribution in [0.4, 0.5) is 8.78 Å². The van der Waals surface area contributed by atoms with Gasteiger partial charge in [0.2, 0.25) is 10.0 Å². The third kappa shape index (κ3) is 4.47. The smallest absolute Gasteiger partial charge is 0.243 e. The minimum absolute atomic E-state index is 0.0960. The minimum atomic E-state index is -4.15. The minimum Gasteiger partial charge on any atom is -0.304 e. The number of hydrogen-bond donors (Lipinski definition) is 1. The van der Waals surface area contributed by atoms with Crippen LogP contribution in [0.5, 0.6) is 0 Å². The zero-order valence-electron chi connectivity index (χ0n) is 14.4. The Balaban J connectivity index is 1.78. The van der Waals surface area contributed by atoms with Crippen molar-refractivity contribution >= 4 is 21.4 Å². The molecule has 0 bridgehead atoms. The molecule has 1 N–H and O–H groups in total. The Morgan fingerprint density at radius 1 is 1.19 bits per heavy atom. The van der Waals surface area contributed by atoms with Gasteiger partial charge in [0.25, 0.3) is 0 Å². The first-order chi connectivity index (χ1) is 12.4. The molecule has 0 saturated carbocycles. The fourth-order valence-corrected chi connectivity index (χ4v) is 4.84. The van der Waals surface area contributed by atoms with Crippen molar-refractivity contribution in [3.05, 3.63) is 52.2 Å². The number of piperazine rings is 1. The Labute approximate surface area is 156 Å². The first kappa shape index (κ1) is 19.4. The highest BCUT2D eigenvalue weighted by Crippen LogP contribution is 2.25. The predicted molar refractivity (Wildman–Crippen MR) is 97.7 cm³/mol. The average Bonchev–Trinajstić information content (AvgIpc) is 3.13. The van der Waals surface area contributed by atoms with E-state index in [2.05, 4.69) is 14.5 Å². The van der Waals surface area contributed by atoms with Gasteiger partial charge in [-0.3, -0.25) is 4.90 Å². The molecule has 9 heteroatoms. The molecule has 1 saturated heterocycles. The summed E-state index contributed by atoms with van der Waals surface area (Å²) in [5, 5.41) is 3.93. The molecule has 1 fully saturated rings. The number of hydrogen-bond acceptors (Lipinski definition) is 5. The summed E-state index contributed by atoms with van der Waals surface area (Å²) in [6.45, 7) is 3.51. The number of likely N-dealkylation sites (N-methyl/N-ethyl adjacent to an activating group) is 1. The molecule has 2 heterocycles. The molecule has 0 amide bonds. The standard InChI is InChI=1S/C17H21F2N3O2S2/c1-21-5-7-22(8-6-21)16(13-4-9-25-12-13)11-20-26(23,24)17-10-14(18)2-3-15(17)19/h2-4,9-10,12,16,20H,5-8,11H2,1H3. The summed E-state index contributed by atoms with van der Waals surface area (Å²) in [6, 6.07) is 4.23. The highest BCUT2D eigenvalue weighted by molar-refractivity contribution is 7.89. The highest BCUT2D eigenvalue weighted by Gasteiger charge is 2.27. The van der Waals surface area contributed by atoms with Gasteiger partial charge >= 0.3 is 0 Å². The van der Waals surface area contributed by atoms with Crippen LogP contribution in [0, 0.1) is 11.6 Å². The zero-order valence-corrected chi connectivity index (χ0v) is 16.0. The molecule has 1 aromatic heterocycles. The molecular weight excluding hydrogens is 380 g/mol. The number of sulfonamides is 1. The highest BCUT2D eigenvalue weighted by atomic mass is 32.2. The summed E-state index contributed by atoms with van der Waals surface area (Å²) in [5.41, 5.74) is 1.02. The maximum absolute atomic E-state index is 13.9. The van der Waals surface area contributed by atoms with Gasteiger partial charge in [-0.2, -0.15) is 11.3 Å². The molecule has 26 heavy (non-hydrogen) atoms. The van der Waals surface area contributed by atoms with Crippen LogP contribution in [0.15, 0.2) is 39.9 Å². The van der Waals surface area contributed by atoms with E-state index in [1.807, 2.05) is 23.9 Å². The molecule has 1 aromatic carbocycles. The molecule has 0 aliphatic carbocycles. The molecule has 5 nitrogen and oxygen atoms in total. The van der Waals surface area contributed by atoms with Crippen molar-refractivity contribution in [1.29, 1.82) is 0 Å². The van der Waals surface area contributed by atoms with Gasteiger partial charge in [-0.05, 0) is 47.6 Å². The van der Waals surface area contributed by atoms with Crippen molar-refractivity contribution in [2.45, 2.75) is 10.9 Å². The van der Waals surface area contributed by atoms with E-state index in [-0.39, 0.29) is 12.6 Å². The van der Waals surface area contributed by atoms with Gasteiger partial charge in [-0.25, -0.2) is 21.9 Å². The SMILES string of the molecule is CN1CCN(C(CNS(=O)(=O)c2cc(F)ccc2F)c2ccsc2)CC1. The lowest BCUT2D eigenvalue weighted by Crippen LogP contribution is -2.48. The van der Waals surface area contributed by atoms with Crippen molar-refractivity contribution in [2.75, 3.05) is 39.8 Å². The van der Waals surface area contributed by atoms with Crippen LogP contribution in [-0.2, 0) is 10.0 Å². The topological polar surface area (TPSA) is 52.6 Å². The van der Waals surface area contributed by atoms with Crippen LogP contribution in [0.25, 0.3) is 0 Å². The number of thiophene rings is 1. The van der Waals surface area contributed by atoms with Crippen molar-refractivity contribution in [3.63, 3.8) is 0 Å². The third-order valence-electron chi connectivity index (χ3n) is 4.56. The lowest BCUT2D eigenvalue weighted by atomic mass is 10.1. The quantitative estimate of drug-likeness (QED) is 0.807. The number of rotatable bonds is 6. The summed E-state index contributed by atoms with van der Waals surface area (Å²) < 4.78 is 54.6. The van der Waals surface area contributed by atoms with Gasteiger partial charge < -0.3 is 4.90 Å². The second kappa shape index (κ2) is 8.10. The number of benzene rings is 1. The van der Waals surface area contributed by atoms with Crippen molar-refractivity contribution in [1.82, 2.24) is 14.5 Å². The monoisotopic (exact) mass is 401 g/mol. The van der Waals surface area contributed by atoms with Crippen molar-refractivity contribution in [2.24, 2.45) is 0 Å². The van der Waals surface area contributed by atoms with Crippen molar-refractivity contribution in [3.8, 4) is 0 Å². The summed E-state index contributed by atoms with van der Waals surface area (Å²) in [5.74, 6) is -1.76. The zero-order chi connectivity index (χ0) is 18.7. The maximum Gasteiger partial charge on any atom is 0.243 e. The van der Waals surface area contributed by atoms with Crippen LogP contribution >= 0.6 is 11.3 Å². The first-order valence-corrected chi connectivity index (χ1v) is 10.7. The molecule has 0 spiro atoms. The second-order valence-electron chi connectivity index (χ2n) is 6.34. The van der Waals surface area contributed by atoms with Gasteiger partial charge in [-0.15, -0.1) is 0 Å². The Hall–Kier alpha value is -1.39. The molecule has 1 aliphatic heterocycles. The second-order valence-corrected chi connectivity index (χ2v) is 8.85. The van der Waals surface area contributed by atoms with Crippen LogP contribution in [0.3, 0.4) is 0 Å². The summed E-state index contributed by atoms with van der Waals surface area (Å²) in [7, 11) is -2.10. The predicted octanol–water partition coefficient (Wildman–Crippen LogP) is 2.29. The van der Waals surface area contributed by atoms with Gasteiger partial charge in [0.15, 0.2) is 0 Å². The summed E-state index contributed by atoms with van der Waals surface area (Å²) >= 11 is 1.54. The Kier molecular flexibility index (Phi) is 6.03. The normalized spacial score (nSPS) is 18.1. The summed E-state index contributed by atoms with van der Waals surface area (Å²) in [6.07, 6.45) is 0. The lowest BCUT2D eigenvalue weighted by Gasteiger charge is -2.37. The molecule has 1 atom stereocenters. The maximum atomic E-state index is 13.9. The lowest BCUT2D eigenvalue weighted by molar-refractivity contribution is 0.113. The van der Waals surface area contributed by atoms with Crippen molar-refractivity contribution < 1.29 is 17.2 Å². The molecular formula is C17H21F2N3O2S2. The number of nitrogens with zero attached hydrogens (tertiary/aromatic N) is 2. The van der Waals surface area contributed by atoms with E-state index in [1.165, 1.54) is 0 Å². The summed E-state index contributed by atoms with van der Waals surface area (Å²) in [4.78, 5) is 3.76. The van der Waals surface area contributed by atoms with Crippen LogP contribution in [0.1, 0.15) is 11.6 Å². The average molecular weight is 402 g/mol. The van der Waals surface area contributed by atoms with E-state index in [9.17, 15) is 17.2 Å². The third-order valence-corrected chi connectivity index (χ3v) is 6.70. The Morgan fingerprint density at radius 3 is 2.58 bits per heavy atom. The van der Waals surface area contributed by atoms with E-state index < -0.39 is 26.6 Å². The van der Waals surface area contributed by atoms with Gasteiger partial charge in [0.1, 0.15) is 16.5 Å². The molecule has 2 aromatic rings. The molecule has 0 radical (unpaired) electrons. The Morgan fingerprint density at radius 2 is 1.92 bits per heavy atom. The van der Waals surface area contributed by atoms with E-state index in [1.54, 1.807) is 11.3 Å². The van der Waals surface area contributed by atoms with Gasteiger partial charge in [-0.1, -0.05) is 0 Å². The van der Waals surface area contributed by atoms with Gasteiger partial charge in [0.05, 0.1) is 0 Å². The largest absolute Gasteiger partial charge is 0.304 e. The number of halogens is 2. The molecule has 1 unspecified atom stereocenters. The first-order valence-electron chi connectivity index (χ1n) is 8.26. The van der Waals surface area contributed by atoms with Crippen LogP contribution < -0.4 is 4.72 Å². The molecule has 142 valence electrons. The van der Waals surface area contributed by atoms with E-state index in [0.29, 0.717) is 6.07 Å². The number of nitrogens with one attached hydrogen (secondary N) is 1. The fourth-order valence-electron chi connectivity index (χ4n) is 3.01. The van der Waals surface area contributed by atoms with E-state index in [4.69, 9.17) is 0 Å². The molecule has 3 rings (SSSR count). The fraction of sp³-hybridized carbons (Fsp3) is 0.412. The Bertz CT molecular complexity index is 836. The molecule has 1 aliphatic rings. The van der Waals surface area contributed by atoms with Crippen LogP contribution in [-0.4, -0.2) is 58.0 Å². The van der Waals surface area contributed by atoms with Gasteiger partial charge in [0, 0.05) is 38.8 Å².